The second-order valence-electron chi connectivity index (χ2n) is 4.05. The highest BCUT2D eigenvalue weighted by Gasteiger charge is 2.37. The van der Waals surface area contributed by atoms with E-state index in [1.54, 1.807) is 13.0 Å². The lowest BCUT2D eigenvalue weighted by Crippen LogP contribution is -2.32. The molecule has 1 aromatic carbocycles. The molecule has 0 saturated carbocycles. The van der Waals surface area contributed by atoms with Crippen molar-refractivity contribution < 1.29 is 19.5 Å². The summed E-state index contributed by atoms with van der Waals surface area (Å²) in [5.41, 5.74) is 1.40. The Labute approximate surface area is 108 Å². The minimum Gasteiger partial charge on any atom is -0.481 e. The molecule has 1 aliphatic rings. The molecule has 0 radical (unpaired) electrons. The maximum atomic E-state index is 11.8. The second-order valence-corrected chi connectivity index (χ2v) is 4.48. The molecule has 18 heavy (non-hydrogen) atoms. The maximum absolute atomic E-state index is 11.8. The van der Waals surface area contributed by atoms with Crippen LogP contribution in [-0.2, 0) is 9.59 Å². The number of nitrogens with zero attached hydrogens (tertiary/aromatic N) is 1. The van der Waals surface area contributed by atoms with Gasteiger partial charge in [0.15, 0.2) is 0 Å². The molecular formula is C12H10ClNO4. The van der Waals surface area contributed by atoms with Crippen molar-refractivity contribution >= 4 is 34.9 Å². The van der Waals surface area contributed by atoms with E-state index in [2.05, 4.69) is 0 Å². The number of carbonyl (C=O) groups excluding carboxylic acids is 2. The van der Waals surface area contributed by atoms with E-state index in [1.807, 2.05) is 0 Å². The molecule has 0 spiro atoms. The average molecular weight is 268 g/mol. The van der Waals surface area contributed by atoms with Gasteiger partial charge in [-0.1, -0.05) is 11.6 Å². The molecule has 0 fully saturated rings. The van der Waals surface area contributed by atoms with Gasteiger partial charge in [-0.3, -0.25) is 14.4 Å². The number of halogens is 1. The number of ketones is 1. The van der Waals surface area contributed by atoms with Crippen LogP contribution in [0.2, 0.25) is 5.02 Å². The lowest BCUT2D eigenvalue weighted by Gasteiger charge is -2.17. The maximum Gasteiger partial charge on any atom is 0.305 e. The Morgan fingerprint density at radius 3 is 2.67 bits per heavy atom. The third kappa shape index (κ3) is 1.97. The zero-order chi connectivity index (χ0) is 13.4. The van der Waals surface area contributed by atoms with Crippen LogP contribution in [0, 0.1) is 6.92 Å². The molecule has 0 unspecified atom stereocenters. The summed E-state index contributed by atoms with van der Waals surface area (Å²) < 4.78 is 0. The molecule has 94 valence electrons. The van der Waals surface area contributed by atoms with Crippen molar-refractivity contribution in [1.82, 2.24) is 0 Å². The van der Waals surface area contributed by atoms with Crippen LogP contribution in [0.4, 0.5) is 5.69 Å². The van der Waals surface area contributed by atoms with Crippen molar-refractivity contribution in [3.63, 3.8) is 0 Å². The molecule has 1 aromatic rings. The van der Waals surface area contributed by atoms with Gasteiger partial charge in [0.1, 0.15) is 0 Å². The minimum atomic E-state index is -1.02. The molecule has 0 saturated heterocycles. The van der Waals surface area contributed by atoms with Gasteiger partial charge in [-0.2, -0.15) is 0 Å². The van der Waals surface area contributed by atoms with Gasteiger partial charge in [0.2, 0.25) is 0 Å². The van der Waals surface area contributed by atoms with Crippen LogP contribution in [0.15, 0.2) is 12.1 Å². The van der Waals surface area contributed by atoms with Crippen LogP contribution in [0.1, 0.15) is 22.3 Å². The van der Waals surface area contributed by atoms with E-state index in [9.17, 15) is 14.4 Å². The fourth-order valence-corrected chi connectivity index (χ4v) is 2.30. The molecule has 0 bridgehead atoms. The third-order valence-electron chi connectivity index (χ3n) is 2.77. The molecule has 1 aliphatic heterocycles. The minimum absolute atomic E-state index is 0.0185. The number of fused-ring (bicyclic) bond motifs is 1. The fraction of sp³-hybridized carbons (Fsp3) is 0.250. The van der Waals surface area contributed by atoms with Gasteiger partial charge in [-0.15, -0.1) is 0 Å². The molecule has 5 nitrogen and oxygen atoms in total. The number of amides is 1. The summed E-state index contributed by atoms with van der Waals surface area (Å²) in [7, 11) is 0. The van der Waals surface area contributed by atoms with Gasteiger partial charge in [0.05, 0.1) is 17.7 Å². The van der Waals surface area contributed by atoms with Gasteiger partial charge >= 0.3 is 5.97 Å². The molecule has 6 heteroatoms. The number of hydrogen-bond donors (Lipinski definition) is 1. The number of carboxylic acid groups (broad SMARTS) is 1. The van der Waals surface area contributed by atoms with Crippen molar-refractivity contribution in [3.8, 4) is 0 Å². The van der Waals surface area contributed by atoms with Gasteiger partial charge in [-0.25, -0.2) is 0 Å². The molecule has 1 N–H and O–H groups in total. The van der Waals surface area contributed by atoms with Crippen LogP contribution < -0.4 is 4.90 Å². The number of carboxylic acids is 1. The zero-order valence-corrected chi connectivity index (χ0v) is 10.3. The van der Waals surface area contributed by atoms with Crippen LogP contribution in [0.25, 0.3) is 0 Å². The van der Waals surface area contributed by atoms with Crippen LogP contribution in [0.3, 0.4) is 0 Å². The first-order valence-corrected chi connectivity index (χ1v) is 5.67. The van der Waals surface area contributed by atoms with E-state index in [4.69, 9.17) is 16.7 Å². The Bertz CT molecular complexity index is 567. The van der Waals surface area contributed by atoms with E-state index < -0.39 is 17.7 Å². The first-order valence-electron chi connectivity index (χ1n) is 5.30. The Morgan fingerprint density at radius 2 is 2.06 bits per heavy atom. The normalized spacial score (nSPS) is 14.0. The summed E-state index contributed by atoms with van der Waals surface area (Å²) in [6.45, 7) is 1.71. The summed E-state index contributed by atoms with van der Waals surface area (Å²) in [6, 6.07) is 3.07. The second kappa shape index (κ2) is 4.42. The quantitative estimate of drug-likeness (QED) is 0.845. The molecule has 0 atom stereocenters. The first kappa shape index (κ1) is 12.6. The number of anilines is 1. The molecule has 0 aromatic heterocycles. The van der Waals surface area contributed by atoms with Crippen molar-refractivity contribution in [2.75, 3.05) is 11.4 Å². The van der Waals surface area contributed by atoms with E-state index in [0.717, 1.165) is 0 Å². The number of aryl methyl sites for hydroxylation is 1. The summed E-state index contributed by atoms with van der Waals surface area (Å²) in [5.74, 6) is -2.35. The van der Waals surface area contributed by atoms with Crippen molar-refractivity contribution in [2.45, 2.75) is 13.3 Å². The smallest absolute Gasteiger partial charge is 0.305 e. The SMILES string of the molecule is Cc1cc(Cl)cc2c1N(CCC(=O)O)C(=O)C2=O. The zero-order valence-electron chi connectivity index (χ0n) is 9.57. The number of carbonyl (C=O) groups is 3. The lowest BCUT2D eigenvalue weighted by molar-refractivity contribution is -0.136. The van der Waals surface area contributed by atoms with Crippen LogP contribution >= 0.6 is 11.6 Å². The van der Waals surface area contributed by atoms with E-state index in [0.29, 0.717) is 16.3 Å². The van der Waals surface area contributed by atoms with Gasteiger partial charge in [0, 0.05) is 11.6 Å². The Kier molecular flexibility index (Phi) is 3.09. The van der Waals surface area contributed by atoms with Crippen molar-refractivity contribution in [1.29, 1.82) is 0 Å². The predicted octanol–water partition coefficient (Wildman–Crippen LogP) is 1.65. The van der Waals surface area contributed by atoms with Gasteiger partial charge in [-0.05, 0) is 24.6 Å². The molecule has 2 rings (SSSR count). The molecule has 1 amide bonds. The average Bonchev–Trinajstić information content (AvgIpc) is 2.51. The first-order chi connectivity index (χ1) is 8.41. The number of benzene rings is 1. The Balaban J connectivity index is 2.45. The summed E-state index contributed by atoms with van der Waals surface area (Å²) in [5, 5.41) is 9.03. The number of hydrogen-bond acceptors (Lipinski definition) is 3. The monoisotopic (exact) mass is 267 g/mol. The van der Waals surface area contributed by atoms with Gasteiger partial charge < -0.3 is 10.0 Å². The summed E-state index contributed by atoms with van der Waals surface area (Å²) in [6.07, 6.45) is -0.208. The predicted molar refractivity (Wildman–Crippen MR) is 65.1 cm³/mol. The van der Waals surface area contributed by atoms with Crippen molar-refractivity contribution in [3.05, 3.63) is 28.3 Å². The topological polar surface area (TPSA) is 74.7 Å². The highest BCUT2D eigenvalue weighted by molar-refractivity contribution is 6.52. The highest BCUT2D eigenvalue weighted by atomic mass is 35.5. The standard InChI is InChI=1S/C12H10ClNO4/c1-6-4-7(13)5-8-10(6)14(3-2-9(15)16)12(18)11(8)17/h4-5H,2-3H2,1H3,(H,15,16). The van der Waals surface area contributed by atoms with E-state index in [-0.39, 0.29) is 18.5 Å². The van der Waals surface area contributed by atoms with Gasteiger partial charge in [0.25, 0.3) is 11.7 Å². The fourth-order valence-electron chi connectivity index (χ4n) is 2.03. The molecule has 1 heterocycles. The number of Topliss-reactive ketones (excluding diaryl/α,β-unsaturated/α-hetero) is 1. The largest absolute Gasteiger partial charge is 0.481 e. The Morgan fingerprint density at radius 1 is 1.39 bits per heavy atom. The Hall–Kier alpha value is -1.88. The van der Waals surface area contributed by atoms with Crippen LogP contribution in [0.5, 0.6) is 0 Å². The van der Waals surface area contributed by atoms with E-state index >= 15 is 0 Å². The van der Waals surface area contributed by atoms with Crippen molar-refractivity contribution in [2.24, 2.45) is 0 Å². The van der Waals surface area contributed by atoms with E-state index in [1.165, 1.54) is 11.0 Å². The van der Waals surface area contributed by atoms with Crippen LogP contribution in [-0.4, -0.2) is 29.3 Å². The summed E-state index contributed by atoms with van der Waals surface area (Å²) in [4.78, 5) is 35.3. The molecular weight excluding hydrogens is 258 g/mol. The summed E-state index contributed by atoms with van der Waals surface area (Å²) >= 11 is 5.84. The third-order valence-corrected chi connectivity index (χ3v) is 2.99. The number of rotatable bonds is 3. The number of aliphatic carboxylic acids is 1. The highest BCUT2D eigenvalue weighted by Crippen LogP contribution is 2.34. The lowest BCUT2D eigenvalue weighted by atomic mass is 10.1. The molecule has 0 aliphatic carbocycles.